The molecule has 0 aliphatic rings. The first-order valence-corrected chi connectivity index (χ1v) is 2.93. The van der Waals surface area contributed by atoms with E-state index in [4.69, 9.17) is 5.73 Å². The number of hydrogen-bond donors (Lipinski definition) is 1. The molecule has 1 aromatic rings. The summed E-state index contributed by atoms with van der Waals surface area (Å²) in [6.45, 7) is 0. The Hall–Kier alpha value is -1.19. The molecular weight excluding hydrogens is 161 g/mol. The highest BCUT2D eigenvalue weighted by Crippen LogP contribution is 2.29. The number of halogens is 3. The Morgan fingerprint density at radius 3 is 2.18 bits per heavy atom. The molecule has 1 nitrogen and oxygen atoms in total. The molecule has 4 heteroatoms. The topological polar surface area (TPSA) is 26.0 Å². The Bertz CT molecular complexity index is 254. The van der Waals surface area contributed by atoms with Gasteiger partial charge in [0, 0.05) is 5.69 Å². The van der Waals surface area contributed by atoms with E-state index in [1.165, 1.54) is 12.1 Å². The van der Waals surface area contributed by atoms with Crippen LogP contribution in [0.4, 0.5) is 18.9 Å². The van der Waals surface area contributed by atoms with E-state index in [0.717, 1.165) is 12.1 Å². The molecule has 0 spiro atoms. The van der Waals surface area contributed by atoms with Crippen LogP contribution in [0.15, 0.2) is 24.3 Å². The maximum absolute atomic E-state index is 11.9. The molecule has 0 bridgehead atoms. The Kier molecular flexibility index (Phi) is 1.76. The molecule has 0 fully saturated rings. The summed E-state index contributed by atoms with van der Waals surface area (Å²) in [5.41, 5.74) is 4.57. The van der Waals surface area contributed by atoms with E-state index in [-0.39, 0.29) is 5.69 Å². The lowest BCUT2D eigenvalue weighted by atomic mass is 10.9. The first-order valence-electron chi connectivity index (χ1n) is 2.93. The number of alkyl halides is 3. The van der Waals surface area contributed by atoms with Gasteiger partial charge in [0.1, 0.15) is 0 Å². The summed E-state index contributed by atoms with van der Waals surface area (Å²) in [5, 5.41) is 0. The van der Waals surface area contributed by atoms with Crippen molar-refractivity contribution in [3.05, 3.63) is 29.8 Å². The molecule has 0 amide bonds. The fourth-order valence-electron chi connectivity index (χ4n) is 0.715. The maximum Gasteiger partial charge on any atom is 0.416 e. The van der Waals surface area contributed by atoms with Crippen molar-refractivity contribution in [3.63, 3.8) is 0 Å². The summed E-state index contributed by atoms with van der Waals surface area (Å²) in [6, 6.07) is 4.57. The Morgan fingerprint density at radius 2 is 1.82 bits per heavy atom. The van der Waals surface area contributed by atoms with Crippen molar-refractivity contribution in [2.75, 3.05) is 5.73 Å². The summed E-state index contributed by atoms with van der Waals surface area (Å²) in [7, 11) is 0. The van der Waals surface area contributed by atoms with Gasteiger partial charge >= 0.3 is 6.18 Å². The third kappa shape index (κ3) is 1.86. The van der Waals surface area contributed by atoms with E-state index < -0.39 is 11.7 Å². The van der Waals surface area contributed by atoms with Crippen LogP contribution in [0.25, 0.3) is 0 Å². The summed E-state index contributed by atoms with van der Waals surface area (Å²) in [5.74, 6) is 0. The summed E-state index contributed by atoms with van der Waals surface area (Å²) >= 11 is 0. The molecule has 1 aromatic carbocycles. The Labute approximate surface area is 61.6 Å². The minimum atomic E-state index is -4.30. The number of benzene rings is 1. The predicted octanol–water partition coefficient (Wildman–Crippen LogP) is 2.29. The van der Waals surface area contributed by atoms with E-state index in [2.05, 4.69) is 0 Å². The average molecular weight is 167 g/mol. The lowest BCUT2D eigenvalue weighted by Crippen LogP contribution is -2.04. The predicted molar refractivity (Wildman–Crippen MR) is 35.9 cm³/mol. The van der Waals surface area contributed by atoms with Crippen LogP contribution in [0.1, 0.15) is 5.56 Å². The normalized spacial score (nSPS) is 11.5. The largest absolute Gasteiger partial charge is 0.416 e. The van der Waals surface area contributed by atoms with Crippen LogP contribution in [0.3, 0.4) is 0 Å². The number of rotatable bonds is 0. The van der Waals surface area contributed by atoms with Crippen LogP contribution in [-0.4, -0.2) is 0 Å². The van der Waals surface area contributed by atoms with Gasteiger partial charge in [0.2, 0.25) is 0 Å². The minimum absolute atomic E-state index is 0.125. The third-order valence-electron chi connectivity index (χ3n) is 1.21. The van der Waals surface area contributed by atoms with Crippen LogP contribution in [0, 0.1) is 0 Å². The van der Waals surface area contributed by atoms with Crippen LogP contribution in [-0.2, 0) is 6.18 Å². The second kappa shape index (κ2) is 2.45. The van der Waals surface area contributed by atoms with E-state index in [1.54, 1.807) is 0 Å². The van der Waals surface area contributed by atoms with Crippen LogP contribution in [0.5, 0.6) is 0 Å². The van der Waals surface area contributed by atoms with Gasteiger partial charge < -0.3 is 5.73 Å². The molecule has 0 atom stereocenters. The van der Waals surface area contributed by atoms with Gasteiger partial charge in [0.15, 0.2) is 0 Å². The standard InChI is InChI=1S/C7H6F3N/c8-7(9,10)5-2-1-3-6(11)4-5/h1-4H,11H2/i1+1,2+1,3+1,4+1,5+1,6+1. The summed E-state index contributed by atoms with van der Waals surface area (Å²) in [4.78, 5) is 0. The van der Waals surface area contributed by atoms with E-state index in [1.807, 2.05) is 0 Å². The molecule has 0 aliphatic heterocycles. The monoisotopic (exact) mass is 167 g/mol. The lowest BCUT2D eigenvalue weighted by Gasteiger charge is -2.05. The van der Waals surface area contributed by atoms with Gasteiger partial charge in [-0.15, -0.1) is 0 Å². The van der Waals surface area contributed by atoms with Crippen molar-refractivity contribution in [1.82, 2.24) is 0 Å². The highest BCUT2D eigenvalue weighted by molar-refractivity contribution is 5.41. The SMILES string of the molecule is N[13c]1[13cH][13cH][13cH][13c](C(F)(F)F)[13cH]1. The first-order chi connectivity index (χ1) is 5.00. The molecule has 0 heterocycles. The van der Waals surface area contributed by atoms with Gasteiger partial charge in [0.25, 0.3) is 0 Å². The van der Waals surface area contributed by atoms with Crippen molar-refractivity contribution in [3.8, 4) is 0 Å². The molecule has 60 valence electrons. The highest BCUT2D eigenvalue weighted by Gasteiger charge is 2.30. The molecule has 0 aromatic heterocycles. The first kappa shape index (κ1) is 7.91. The maximum atomic E-state index is 11.9. The van der Waals surface area contributed by atoms with Crippen LogP contribution < -0.4 is 5.73 Å². The molecule has 0 aliphatic carbocycles. The molecule has 11 heavy (non-hydrogen) atoms. The van der Waals surface area contributed by atoms with Crippen molar-refractivity contribution < 1.29 is 13.2 Å². The lowest BCUT2D eigenvalue weighted by molar-refractivity contribution is -0.137. The van der Waals surface area contributed by atoms with Gasteiger partial charge in [-0.25, -0.2) is 0 Å². The zero-order valence-corrected chi connectivity index (χ0v) is 5.52. The van der Waals surface area contributed by atoms with Crippen LogP contribution in [0.2, 0.25) is 0 Å². The fourth-order valence-corrected chi connectivity index (χ4v) is 0.715. The summed E-state index contributed by atoms with van der Waals surface area (Å²) in [6.07, 6.45) is -4.30. The fraction of sp³-hybridized carbons (Fsp3) is 0.143. The zero-order valence-electron chi connectivity index (χ0n) is 5.52. The molecule has 2 N–H and O–H groups in total. The quantitative estimate of drug-likeness (QED) is 0.589. The zero-order chi connectivity index (χ0) is 8.48. The van der Waals surface area contributed by atoms with Crippen molar-refractivity contribution in [2.45, 2.75) is 6.18 Å². The van der Waals surface area contributed by atoms with Crippen LogP contribution >= 0.6 is 0 Å². The Morgan fingerprint density at radius 1 is 1.18 bits per heavy atom. The number of hydrogen-bond acceptors (Lipinski definition) is 1. The second-order valence-electron chi connectivity index (χ2n) is 2.12. The Balaban J connectivity index is 3.06. The molecule has 1 rings (SSSR count). The smallest absolute Gasteiger partial charge is 0.399 e. The van der Waals surface area contributed by atoms with Crippen molar-refractivity contribution >= 4 is 5.69 Å². The highest BCUT2D eigenvalue weighted by atomic mass is 19.4. The van der Waals surface area contributed by atoms with Gasteiger partial charge in [-0.05, 0) is 18.2 Å². The van der Waals surface area contributed by atoms with Gasteiger partial charge in [-0.1, -0.05) is 6.07 Å². The van der Waals surface area contributed by atoms with E-state index in [0.29, 0.717) is 0 Å². The molecule has 0 unspecified atom stereocenters. The molecule has 0 saturated heterocycles. The number of nitrogen functional groups attached to an aromatic ring is 1. The van der Waals surface area contributed by atoms with Gasteiger partial charge in [-0.2, -0.15) is 13.2 Å². The molecule has 0 saturated carbocycles. The minimum Gasteiger partial charge on any atom is -0.399 e. The molecule has 0 radical (unpaired) electrons. The second-order valence-corrected chi connectivity index (χ2v) is 2.12. The number of nitrogens with two attached hydrogens (primary N) is 1. The van der Waals surface area contributed by atoms with Gasteiger partial charge in [-0.3, -0.25) is 0 Å². The van der Waals surface area contributed by atoms with Crippen molar-refractivity contribution in [2.24, 2.45) is 0 Å². The van der Waals surface area contributed by atoms with Crippen molar-refractivity contribution in [1.29, 1.82) is 0 Å². The van der Waals surface area contributed by atoms with Gasteiger partial charge in [0.05, 0.1) is 5.56 Å². The third-order valence-corrected chi connectivity index (χ3v) is 1.21. The average Bonchev–Trinajstić information content (AvgIpc) is 1.86. The number of anilines is 1. The molecular formula is C7H6F3N. The van der Waals surface area contributed by atoms with E-state index in [9.17, 15) is 13.2 Å². The van der Waals surface area contributed by atoms with E-state index >= 15 is 0 Å². The summed E-state index contributed by atoms with van der Waals surface area (Å²) < 4.78 is 35.7.